The molecular weight excluding hydrogens is 306 g/mol. The van der Waals surface area contributed by atoms with Crippen LogP contribution in [0.1, 0.15) is 22.0 Å². The molecule has 2 N–H and O–H groups in total. The quantitative estimate of drug-likeness (QED) is 0.866. The maximum atomic E-state index is 6.22. The fraction of sp³-hybridized carbons (Fsp3) is 0.167. The van der Waals surface area contributed by atoms with E-state index >= 15 is 0 Å². The molecule has 0 aliphatic heterocycles. The van der Waals surface area contributed by atoms with Gasteiger partial charge in [-0.3, -0.25) is 0 Å². The van der Waals surface area contributed by atoms with E-state index in [1.807, 2.05) is 18.2 Å². The van der Waals surface area contributed by atoms with Crippen LogP contribution in [0.25, 0.3) is 0 Å². The summed E-state index contributed by atoms with van der Waals surface area (Å²) in [6, 6.07) is 7.80. The summed E-state index contributed by atoms with van der Waals surface area (Å²) in [6.07, 6.45) is 0. The number of halogens is 2. The smallest absolute Gasteiger partial charge is 0.0562 e. The summed E-state index contributed by atoms with van der Waals surface area (Å²) in [7, 11) is 0. The Morgan fingerprint density at radius 2 is 2.12 bits per heavy atom. The van der Waals surface area contributed by atoms with Crippen molar-refractivity contribution in [3.8, 4) is 0 Å². The molecule has 0 saturated carbocycles. The SMILES string of the molecule is Cc1sccc1C(N)c1ccc(Cl)c(Br)c1. The Kier molecular flexibility index (Phi) is 3.70. The molecule has 1 aromatic heterocycles. The van der Waals surface area contributed by atoms with Gasteiger partial charge in [-0.25, -0.2) is 0 Å². The van der Waals surface area contributed by atoms with Gasteiger partial charge < -0.3 is 5.73 Å². The molecule has 1 nitrogen and oxygen atoms in total. The predicted molar refractivity (Wildman–Crippen MR) is 74.2 cm³/mol. The average Bonchev–Trinajstić information content (AvgIpc) is 2.67. The zero-order valence-electron chi connectivity index (χ0n) is 8.71. The fourth-order valence-electron chi connectivity index (χ4n) is 1.60. The van der Waals surface area contributed by atoms with Gasteiger partial charge in [0.05, 0.1) is 11.1 Å². The van der Waals surface area contributed by atoms with Gasteiger partial charge in [-0.1, -0.05) is 17.7 Å². The molecule has 0 bridgehead atoms. The predicted octanol–water partition coefficient (Wildman–Crippen LogP) is 4.52. The van der Waals surface area contributed by atoms with Crippen LogP contribution in [0, 0.1) is 6.92 Å². The largest absolute Gasteiger partial charge is 0.320 e. The summed E-state index contributed by atoms with van der Waals surface area (Å²) in [5.74, 6) is 0. The second kappa shape index (κ2) is 4.88. The first-order valence-electron chi connectivity index (χ1n) is 4.84. The van der Waals surface area contributed by atoms with Crippen molar-refractivity contribution in [2.45, 2.75) is 13.0 Å². The van der Waals surface area contributed by atoms with Gasteiger partial charge in [-0.2, -0.15) is 0 Å². The van der Waals surface area contributed by atoms with E-state index < -0.39 is 0 Å². The topological polar surface area (TPSA) is 26.0 Å². The van der Waals surface area contributed by atoms with Crippen LogP contribution in [0.5, 0.6) is 0 Å². The first kappa shape index (κ1) is 12.1. The van der Waals surface area contributed by atoms with E-state index in [2.05, 4.69) is 34.3 Å². The van der Waals surface area contributed by atoms with Gasteiger partial charge in [-0.05, 0) is 57.6 Å². The van der Waals surface area contributed by atoms with E-state index in [0.717, 1.165) is 10.0 Å². The molecule has 84 valence electrons. The van der Waals surface area contributed by atoms with Gasteiger partial charge in [-0.15, -0.1) is 11.3 Å². The lowest BCUT2D eigenvalue weighted by Crippen LogP contribution is -2.11. The Bertz CT molecular complexity index is 509. The molecule has 1 aromatic carbocycles. The van der Waals surface area contributed by atoms with Crippen molar-refractivity contribution in [2.24, 2.45) is 5.73 Å². The Morgan fingerprint density at radius 1 is 1.38 bits per heavy atom. The molecule has 1 heterocycles. The molecule has 0 saturated heterocycles. The first-order valence-corrected chi connectivity index (χ1v) is 6.89. The summed E-state index contributed by atoms with van der Waals surface area (Å²) in [4.78, 5) is 1.26. The first-order chi connectivity index (χ1) is 7.59. The second-order valence-corrected chi connectivity index (χ2v) is 5.97. The van der Waals surface area contributed by atoms with Gasteiger partial charge in [0, 0.05) is 9.35 Å². The van der Waals surface area contributed by atoms with Crippen molar-refractivity contribution in [1.82, 2.24) is 0 Å². The van der Waals surface area contributed by atoms with Crippen molar-refractivity contribution >= 4 is 38.9 Å². The van der Waals surface area contributed by atoms with Crippen LogP contribution in [0.15, 0.2) is 34.1 Å². The number of nitrogens with two attached hydrogens (primary N) is 1. The third-order valence-corrected chi connectivity index (χ3v) is 4.61. The Morgan fingerprint density at radius 3 is 2.69 bits per heavy atom. The van der Waals surface area contributed by atoms with Crippen LogP contribution >= 0.6 is 38.9 Å². The van der Waals surface area contributed by atoms with E-state index in [9.17, 15) is 0 Å². The highest BCUT2D eigenvalue weighted by molar-refractivity contribution is 9.10. The number of thiophene rings is 1. The van der Waals surface area contributed by atoms with Crippen LogP contribution in [0.2, 0.25) is 5.02 Å². The monoisotopic (exact) mass is 315 g/mol. The maximum Gasteiger partial charge on any atom is 0.0562 e. The second-order valence-electron chi connectivity index (χ2n) is 3.58. The molecular formula is C12H11BrClNS. The third-order valence-electron chi connectivity index (χ3n) is 2.54. The van der Waals surface area contributed by atoms with Crippen LogP contribution in [0.4, 0.5) is 0 Å². The summed E-state index contributed by atoms with van der Waals surface area (Å²) < 4.78 is 0.884. The number of aryl methyl sites for hydroxylation is 1. The van der Waals surface area contributed by atoms with Crippen molar-refractivity contribution in [1.29, 1.82) is 0 Å². The molecule has 4 heteroatoms. The van der Waals surface area contributed by atoms with E-state index in [-0.39, 0.29) is 6.04 Å². The minimum atomic E-state index is -0.0835. The molecule has 16 heavy (non-hydrogen) atoms. The van der Waals surface area contributed by atoms with Crippen LogP contribution in [-0.2, 0) is 0 Å². The molecule has 0 radical (unpaired) electrons. The number of benzene rings is 1. The number of rotatable bonds is 2. The van der Waals surface area contributed by atoms with Gasteiger partial charge in [0.1, 0.15) is 0 Å². The van der Waals surface area contributed by atoms with Crippen molar-refractivity contribution in [2.75, 3.05) is 0 Å². The molecule has 0 aliphatic rings. The molecule has 0 amide bonds. The molecule has 2 rings (SSSR count). The van der Waals surface area contributed by atoms with E-state index in [1.165, 1.54) is 10.4 Å². The van der Waals surface area contributed by atoms with Gasteiger partial charge in [0.25, 0.3) is 0 Å². The maximum absolute atomic E-state index is 6.22. The summed E-state index contributed by atoms with van der Waals surface area (Å²) >= 11 is 11.1. The van der Waals surface area contributed by atoms with Gasteiger partial charge in [0.2, 0.25) is 0 Å². The number of hydrogen-bond acceptors (Lipinski definition) is 2. The van der Waals surface area contributed by atoms with Crippen molar-refractivity contribution in [3.05, 3.63) is 55.1 Å². The molecule has 0 aliphatic carbocycles. The summed E-state index contributed by atoms with van der Waals surface area (Å²) in [6.45, 7) is 2.09. The van der Waals surface area contributed by atoms with E-state index in [4.69, 9.17) is 17.3 Å². The van der Waals surface area contributed by atoms with Crippen molar-refractivity contribution in [3.63, 3.8) is 0 Å². The van der Waals surface area contributed by atoms with Gasteiger partial charge in [0.15, 0.2) is 0 Å². The Labute approximate surface area is 112 Å². The average molecular weight is 317 g/mol. The molecule has 0 spiro atoms. The van der Waals surface area contributed by atoms with E-state index in [1.54, 1.807) is 11.3 Å². The Hall–Kier alpha value is -0.350. The molecule has 0 fully saturated rings. The van der Waals surface area contributed by atoms with Crippen LogP contribution < -0.4 is 5.73 Å². The summed E-state index contributed by atoms with van der Waals surface area (Å²) in [5.41, 5.74) is 8.47. The minimum Gasteiger partial charge on any atom is -0.320 e. The third kappa shape index (κ3) is 2.33. The molecule has 2 aromatic rings. The van der Waals surface area contributed by atoms with E-state index in [0.29, 0.717) is 5.02 Å². The zero-order valence-corrected chi connectivity index (χ0v) is 11.9. The van der Waals surface area contributed by atoms with Gasteiger partial charge >= 0.3 is 0 Å². The zero-order chi connectivity index (χ0) is 11.7. The highest BCUT2D eigenvalue weighted by Gasteiger charge is 2.13. The Balaban J connectivity index is 2.38. The summed E-state index contributed by atoms with van der Waals surface area (Å²) in [5, 5.41) is 2.77. The lowest BCUT2D eigenvalue weighted by Gasteiger charge is -2.12. The normalized spacial score (nSPS) is 12.8. The van der Waals surface area contributed by atoms with Crippen LogP contribution in [-0.4, -0.2) is 0 Å². The van der Waals surface area contributed by atoms with Crippen molar-refractivity contribution < 1.29 is 0 Å². The minimum absolute atomic E-state index is 0.0835. The standard InChI is InChI=1S/C12H11BrClNS/c1-7-9(4-5-16-7)12(15)8-2-3-11(14)10(13)6-8/h2-6,12H,15H2,1H3. The lowest BCUT2D eigenvalue weighted by atomic mass is 10.0. The lowest BCUT2D eigenvalue weighted by molar-refractivity contribution is 0.868. The highest BCUT2D eigenvalue weighted by atomic mass is 79.9. The van der Waals surface area contributed by atoms with Crippen LogP contribution in [0.3, 0.4) is 0 Å². The molecule has 1 atom stereocenters. The highest BCUT2D eigenvalue weighted by Crippen LogP contribution is 2.30. The molecule has 1 unspecified atom stereocenters. The fourth-order valence-corrected chi connectivity index (χ4v) is 2.87. The number of hydrogen-bond donors (Lipinski definition) is 1.